The van der Waals surface area contributed by atoms with Crippen LogP contribution in [0.5, 0.6) is 0 Å². The lowest BCUT2D eigenvalue weighted by molar-refractivity contribution is 0.0527. The summed E-state index contributed by atoms with van der Waals surface area (Å²) in [5.41, 5.74) is 1.10. The van der Waals surface area contributed by atoms with Gasteiger partial charge in [0, 0.05) is 8.96 Å². The van der Waals surface area contributed by atoms with Crippen LogP contribution in [0, 0.1) is 10.5 Å². The normalized spacial score (nSPS) is 10.7. The number of furan rings is 1. The highest BCUT2D eigenvalue weighted by Gasteiger charge is 2.15. The summed E-state index contributed by atoms with van der Waals surface area (Å²) in [4.78, 5) is 11.7. The molecule has 1 heterocycles. The fourth-order valence-electron chi connectivity index (χ4n) is 1.61. The molecule has 1 aromatic carbocycles. The Bertz CT molecular complexity index is 542. The second-order valence-corrected chi connectivity index (χ2v) is 4.69. The van der Waals surface area contributed by atoms with Crippen LogP contribution in [0.25, 0.3) is 11.0 Å². The Hall–Kier alpha value is -1.04. The number of esters is 1. The maximum Gasteiger partial charge on any atom is 0.341 e. The fraction of sp³-hybridized carbons (Fsp3) is 0.250. The lowest BCUT2D eigenvalue weighted by Crippen LogP contribution is -2.05. The summed E-state index contributed by atoms with van der Waals surface area (Å²) in [5, 5.41) is 0.937. The van der Waals surface area contributed by atoms with Gasteiger partial charge >= 0.3 is 5.97 Å². The first kappa shape index (κ1) is 11.4. The summed E-state index contributed by atoms with van der Waals surface area (Å²) in [5.74, 6) is 0.461. The van der Waals surface area contributed by atoms with Gasteiger partial charge < -0.3 is 9.15 Å². The van der Waals surface area contributed by atoms with Crippen molar-refractivity contribution in [2.45, 2.75) is 13.8 Å². The number of rotatable bonds is 2. The van der Waals surface area contributed by atoms with Gasteiger partial charge in [0.1, 0.15) is 16.9 Å². The van der Waals surface area contributed by atoms with E-state index in [1.165, 1.54) is 0 Å². The predicted molar refractivity (Wildman–Crippen MR) is 69.6 cm³/mol. The maximum atomic E-state index is 11.7. The fourth-order valence-corrected chi connectivity index (χ4v) is 2.25. The zero-order valence-electron chi connectivity index (χ0n) is 9.04. The Morgan fingerprint density at radius 1 is 1.44 bits per heavy atom. The molecule has 0 saturated heterocycles. The quantitative estimate of drug-likeness (QED) is 0.625. The lowest BCUT2D eigenvalue weighted by atomic mass is 10.1. The van der Waals surface area contributed by atoms with Crippen molar-refractivity contribution in [2.75, 3.05) is 6.61 Å². The van der Waals surface area contributed by atoms with E-state index in [-0.39, 0.29) is 5.97 Å². The molecule has 0 aliphatic carbocycles. The Kier molecular flexibility index (Phi) is 3.18. The number of hydrogen-bond donors (Lipinski definition) is 0. The van der Waals surface area contributed by atoms with Crippen molar-refractivity contribution in [1.29, 1.82) is 0 Å². The number of carbonyl (C=O) groups is 1. The van der Waals surface area contributed by atoms with Crippen LogP contribution in [0.3, 0.4) is 0 Å². The third kappa shape index (κ3) is 2.07. The van der Waals surface area contributed by atoms with E-state index in [9.17, 15) is 4.79 Å². The summed E-state index contributed by atoms with van der Waals surface area (Å²) in [6, 6.07) is 5.68. The summed E-state index contributed by atoms with van der Waals surface area (Å²) >= 11 is 2.18. The number of benzene rings is 1. The number of fused-ring (bicyclic) bond motifs is 1. The molecule has 0 bridgehead atoms. The number of aryl methyl sites for hydroxylation is 1. The molecule has 0 saturated carbocycles. The van der Waals surface area contributed by atoms with E-state index in [0.717, 1.165) is 14.7 Å². The van der Waals surface area contributed by atoms with Gasteiger partial charge in [0.2, 0.25) is 0 Å². The van der Waals surface area contributed by atoms with E-state index in [1.807, 2.05) is 19.1 Å². The molecule has 0 unspecified atom stereocenters. The summed E-state index contributed by atoms with van der Waals surface area (Å²) in [6.45, 7) is 4.02. The highest BCUT2D eigenvalue weighted by Crippen LogP contribution is 2.26. The maximum absolute atomic E-state index is 11.7. The molecule has 0 aliphatic heterocycles. The Morgan fingerprint density at radius 3 is 2.88 bits per heavy atom. The Morgan fingerprint density at radius 2 is 2.19 bits per heavy atom. The third-order valence-electron chi connectivity index (χ3n) is 2.20. The van der Waals surface area contributed by atoms with Crippen LogP contribution < -0.4 is 0 Å². The predicted octanol–water partition coefficient (Wildman–Crippen LogP) is 3.52. The average molecular weight is 330 g/mol. The third-order valence-corrected chi connectivity index (χ3v) is 2.82. The molecule has 0 aliphatic rings. The van der Waals surface area contributed by atoms with Crippen LogP contribution in [0.2, 0.25) is 0 Å². The van der Waals surface area contributed by atoms with Crippen LogP contribution in [0.1, 0.15) is 23.0 Å². The van der Waals surface area contributed by atoms with Crippen molar-refractivity contribution in [2.24, 2.45) is 0 Å². The van der Waals surface area contributed by atoms with Gasteiger partial charge in [0.15, 0.2) is 0 Å². The van der Waals surface area contributed by atoms with Gasteiger partial charge in [0.25, 0.3) is 0 Å². The first-order valence-electron chi connectivity index (χ1n) is 4.98. The molecule has 4 heteroatoms. The summed E-state index contributed by atoms with van der Waals surface area (Å²) in [7, 11) is 0. The molecule has 1 aromatic heterocycles. The van der Waals surface area contributed by atoms with Crippen molar-refractivity contribution < 1.29 is 13.9 Å². The van der Waals surface area contributed by atoms with Crippen LogP contribution >= 0.6 is 22.6 Å². The number of ether oxygens (including phenoxy) is 1. The molecule has 0 atom stereocenters. The molecular weight excluding hydrogens is 319 g/mol. The first-order valence-corrected chi connectivity index (χ1v) is 6.06. The number of hydrogen-bond acceptors (Lipinski definition) is 3. The van der Waals surface area contributed by atoms with Crippen molar-refractivity contribution in [3.05, 3.63) is 33.1 Å². The molecule has 3 nitrogen and oxygen atoms in total. The van der Waals surface area contributed by atoms with E-state index in [0.29, 0.717) is 17.8 Å². The molecule has 0 radical (unpaired) electrons. The number of halogens is 1. The molecule has 0 fully saturated rings. The minimum Gasteiger partial charge on any atom is -0.462 e. The minimum absolute atomic E-state index is 0.333. The topological polar surface area (TPSA) is 39.4 Å². The SMILES string of the molecule is CCOC(=O)c1cc(I)cc2cc(C)oc12. The van der Waals surface area contributed by atoms with Crippen molar-refractivity contribution in [3.8, 4) is 0 Å². The monoisotopic (exact) mass is 330 g/mol. The molecule has 0 N–H and O–H groups in total. The van der Waals surface area contributed by atoms with Crippen LogP contribution in [-0.4, -0.2) is 12.6 Å². The molecule has 0 spiro atoms. The first-order chi connectivity index (χ1) is 7.61. The summed E-state index contributed by atoms with van der Waals surface area (Å²) in [6.07, 6.45) is 0. The smallest absolute Gasteiger partial charge is 0.341 e. The van der Waals surface area contributed by atoms with Crippen LogP contribution in [0.4, 0.5) is 0 Å². The zero-order chi connectivity index (χ0) is 11.7. The van der Waals surface area contributed by atoms with Crippen LogP contribution in [0.15, 0.2) is 22.6 Å². The molecule has 84 valence electrons. The van der Waals surface area contributed by atoms with E-state index >= 15 is 0 Å². The molecule has 0 amide bonds. The molecular formula is C12H11IO3. The van der Waals surface area contributed by atoms with Crippen molar-refractivity contribution in [1.82, 2.24) is 0 Å². The van der Waals surface area contributed by atoms with Gasteiger partial charge in [-0.05, 0) is 54.6 Å². The average Bonchev–Trinajstić information content (AvgIpc) is 2.57. The second kappa shape index (κ2) is 4.45. The Balaban J connectivity index is 2.62. The second-order valence-electron chi connectivity index (χ2n) is 3.45. The van der Waals surface area contributed by atoms with Gasteiger partial charge in [-0.25, -0.2) is 4.79 Å². The Labute approximate surface area is 107 Å². The molecule has 16 heavy (non-hydrogen) atoms. The minimum atomic E-state index is -0.333. The highest BCUT2D eigenvalue weighted by atomic mass is 127. The lowest BCUT2D eigenvalue weighted by Gasteiger charge is -2.03. The van der Waals surface area contributed by atoms with E-state index in [2.05, 4.69) is 22.6 Å². The van der Waals surface area contributed by atoms with Crippen molar-refractivity contribution in [3.63, 3.8) is 0 Å². The highest BCUT2D eigenvalue weighted by molar-refractivity contribution is 14.1. The van der Waals surface area contributed by atoms with Gasteiger partial charge in [-0.2, -0.15) is 0 Å². The van der Waals surface area contributed by atoms with E-state index in [4.69, 9.17) is 9.15 Å². The van der Waals surface area contributed by atoms with Crippen molar-refractivity contribution >= 4 is 39.5 Å². The van der Waals surface area contributed by atoms with Gasteiger partial charge in [-0.3, -0.25) is 0 Å². The number of carbonyl (C=O) groups excluding carboxylic acids is 1. The molecule has 2 rings (SSSR count). The van der Waals surface area contributed by atoms with E-state index in [1.54, 1.807) is 13.0 Å². The van der Waals surface area contributed by atoms with E-state index < -0.39 is 0 Å². The van der Waals surface area contributed by atoms with Gasteiger partial charge in [-0.1, -0.05) is 0 Å². The van der Waals surface area contributed by atoms with Gasteiger partial charge in [0.05, 0.1) is 6.61 Å². The largest absolute Gasteiger partial charge is 0.462 e. The van der Waals surface area contributed by atoms with Gasteiger partial charge in [-0.15, -0.1) is 0 Å². The summed E-state index contributed by atoms with van der Waals surface area (Å²) < 4.78 is 11.5. The molecule has 2 aromatic rings. The standard InChI is InChI=1S/C12H11IO3/c1-3-15-12(14)10-6-9(13)5-8-4-7(2)16-11(8)10/h4-6H,3H2,1-2H3. The van der Waals surface area contributed by atoms with Crippen LogP contribution in [-0.2, 0) is 4.74 Å². The zero-order valence-corrected chi connectivity index (χ0v) is 11.2.